The molecule has 0 aromatic heterocycles. The predicted molar refractivity (Wildman–Crippen MR) is 103 cm³/mol. The van der Waals surface area contributed by atoms with Gasteiger partial charge in [-0.3, -0.25) is 0 Å². The van der Waals surface area contributed by atoms with E-state index < -0.39 is 0 Å². The van der Waals surface area contributed by atoms with Crippen molar-refractivity contribution in [3.63, 3.8) is 0 Å². The zero-order valence-electron chi connectivity index (χ0n) is 12.1. The van der Waals surface area contributed by atoms with Crippen LogP contribution in [0.3, 0.4) is 0 Å². The molecule has 23 heavy (non-hydrogen) atoms. The number of benzene rings is 3. The number of hydrogen-bond acceptors (Lipinski definition) is 3. The van der Waals surface area contributed by atoms with Gasteiger partial charge in [-0.15, -0.1) is 11.8 Å². The Morgan fingerprint density at radius 3 is 2.35 bits per heavy atom. The van der Waals surface area contributed by atoms with E-state index in [1.54, 1.807) is 0 Å². The number of anilines is 3. The summed E-state index contributed by atoms with van der Waals surface area (Å²) >= 11 is 7.47. The maximum atomic E-state index is 3.69. The van der Waals surface area contributed by atoms with Gasteiger partial charge in [-0.1, -0.05) is 52.0 Å². The van der Waals surface area contributed by atoms with Gasteiger partial charge >= 0.3 is 0 Å². The second-order valence-electron chi connectivity index (χ2n) is 5.57. The van der Waals surface area contributed by atoms with E-state index in [2.05, 4.69) is 81.5 Å². The van der Waals surface area contributed by atoms with Crippen molar-refractivity contribution in [2.24, 2.45) is 0 Å². The average Bonchev–Trinajstić information content (AvgIpc) is 2.73. The number of para-hydroxylation sites is 2. The van der Waals surface area contributed by atoms with Crippen LogP contribution < -0.4 is 4.90 Å². The zero-order chi connectivity index (χ0) is 15.4. The highest BCUT2D eigenvalue weighted by molar-refractivity contribution is 9.10. The lowest BCUT2D eigenvalue weighted by atomic mass is 10.1. The molecular formula is C19H12BrNS2. The maximum absolute atomic E-state index is 3.69. The van der Waals surface area contributed by atoms with Crippen LogP contribution in [0.15, 0.2) is 79.8 Å². The van der Waals surface area contributed by atoms with Crippen molar-refractivity contribution < 1.29 is 0 Å². The first-order chi connectivity index (χ1) is 11.3. The highest BCUT2D eigenvalue weighted by atomic mass is 79.9. The van der Waals surface area contributed by atoms with Crippen LogP contribution >= 0.6 is 39.5 Å². The van der Waals surface area contributed by atoms with Crippen LogP contribution in [0.5, 0.6) is 0 Å². The summed E-state index contributed by atoms with van der Waals surface area (Å²) in [6.07, 6.45) is 0. The number of rotatable bonds is 0. The molecule has 3 aromatic carbocycles. The molecule has 0 atom stereocenters. The fourth-order valence-corrected chi connectivity index (χ4v) is 6.03. The summed E-state index contributed by atoms with van der Waals surface area (Å²) in [5.74, 6) is 0.998. The molecule has 0 aliphatic carbocycles. The van der Waals surface area contributed by atoms with Crippen molar-refractivity contribution >= 4 is 56.5 Å². The smallest absolute Gasteiger partial charge is 0.0643 e. The van der Waals surface area contributed by atoms with Gasteiger partial charge in [0.05, 0.1) is 17.1 Å². The summed E-state index contributed by atoms with van der Waals surface area (Å²) < 4.78 is 1.16. The molecule has 2 aliphatic rings. The van der Waals surface area contributed by atoms with Gasteiger partial charge < -0.3 is 4.90 Å². The third-order valence-electron chi connectivity index (χ3n) is 4.16. The molecule has 112 valence electrons. The number of hydrogen-bond donors (Lipinski definition) is 0. The van der Waals surface area contributed by atoms with Gasteiger partial charge in [0.25, 0.3) is 0 Å². The topological polar surface area (TPSA) is 3.24 Å². The van der Waals surface area contributed by atoms with Crippen molar-refractivity contribution in [1.29, 1.82) is 0 Å². The molecule has 4 heteroatoms. The van der Waals surface area contributed by atoms with Gasteiger partial charge in [0.1, 0.15) is 0 Å². The molecule has 3 aromatic rings. The monoisotopic (exact) mass is 397 g/mol. The Morgan fingerprint density at radius 2 is 1.52 bits per heavy atom. The first kappa shape index (κ1) is 14.0. The van der Waals surface area contributed by atoms with Crippen molar-refractivity contribution in [2.75, 3.05) is 4.90 Å². The number of thioether (sulfide) groups is 1. The van der Waals surface area contributed by atoms with Crippen LogP contribution in [0.2, 0.25) is 0 Å². The third-order valence-corrected chi connectivity index (χ3v) is 6.82. The molecule has 2 heterocycles. The molecular weight excluding hydrogens is 386 g/mol. The third kappa shape index (κ3) is 2.16. The van der Waals surface area contributed by atoms with Gasteiger partial charge in [0, 0.05) is 24.9 Å². The van der Waals surface area contributed by atoms with Crippen LogP contribution in [0.25, 0.3) is 0 Å². The Bertz CT molecular complexity index is 938. The van der Waals surface area contributed by atoms with Gasteiger partial charge in [-0.05, 0) is 42.0 Å². The summed E-state index contributed by atoms with van der Waals surface area (Å²) in [7, 11) is 0. The Labute approximate surface area is 152 Å². The van der Waals surface area contributed by atoms with E-state index in [4.69, 9.17) is 0 Å². The Balaban J connectivity index is 1.88. The summed E-state index contributed by atoms with van der Waals surface area (Å²) in [6.45, 7) is 0. The van der Waals surface area contributed by atoms with E-state index in [1.807, 2.05) is 23.5 Å². The van der Waals surface area contributed by atoms with E-state index in [0.29, 0.717) is 0 Å². The van der Waals surface area contributed by atoms with Crippen molar-refractivity contribution in [2.45, 2.75) is 20.4 Å². The zero-order valence-corrected chi connectivity index (χ0v) is 15.3. The number of halogens is 1. The lowest BCUT2D eigenvalue weighted by molar-refractivity contribution is 1.13. The number of fused-ring (bicyclic) bond motifs is 4. The molecule has 0 saturated heterocycles. The minimum Gasteiger partial charge on any atom is -0.307 e. The lowest BCUT2D eigenvalue weighted by Gasteiger charge is -2.34. The molecule has 5 rings (SSSR count). The normalized spacial score (nSPS) is 14.6. The molecule has 0 amide bonds. The van der Waals surface area contributed by atoms with Gasteiger partial charge in [-0.25, -0.2) is 0 Å². The SMILES string of the molecule is Brc1cc2c3c(c1)Sc1ccccc1N3c1ccccc1SC2. The van der Waals surface area contributed by atoms with Crippen LogP contribution in [0.4, 0.5) is 17.1 Å². The van der Waals surface area contributed by atoms with E-state index >= 15 is 0 Å². The minimum absolute atomic E-state index is 0.998. The van der Waals surface area contributed by atoms with Crippen LogP contribution in [0, 0.1) is 0 Å². The van der Waals surface area contributed by atoms with E-state index in [1.165, 1.54) is 37.3 Å². The van der Waals surface area contributed by atoms with Crippen LogP contribution in [0.1, 0.15) is 5.56 Å². The first-order valence-electron chi connectivity index (χ1n) is 7.42. The highest BCUT2D eigenvalue weighted by Crippen LogP contribution is 2.56. The molecule has 0 spiro atoms. The summed E-state index contributed by atoms with van der Waals surface area (Å²) in [6, 6.07) is 21.9. The average molecular weight is 398 g/mol. The van der Waals surface area contributed by atoms with E-state index in [-0.39, 0.29) is 0 Å². The fraction of sp³-hybridized carbons (Fsp3) is 0.0526. The van der Waals surface area contributed by atoms with E-state index in [9.17, 15) is 0 Å². The minimum atomic E-state index is 0.998. The molecule has 0 radical (unpaired) electrons. The van der Waals surface area contributed by atoms with Crippen LogP contribution in [-0.4, -0.2) is 0 Å². The molecule has 2 aliphatic heterocycles. The second kappa shape index (κ2) is 5.33. The molecule has 0 saturated carbocycles. The van der Waals surface area contributed by atoms with Gasteiger partial charge in [0.15, 0.2) is 0 Å². The standard InChI is InChI=1S/C19H12BrNS2/c20-13-9-12-11-22-16-7-3-1-5-14(16)21-15-6-2-4-8-17(15)23-18(10-13)19(12)21/h1-10H,11H2. The number of nitrogens with zero attached hydrogens (tertiary/aromatic N) is 1. The predicted octanol–water partition coefficient (Wildman–Crippen LogP) is 6.99. The first-order valence-corrected chi connectivity index (χ1v) is 10.0. The quantitative estimate of drug-likeness (QED) is 0.314. The van der Waals surface area contributed by atoms with E-state index in [0.717, 1.165) is 10.2 Å². The molecule has 0 fully saturated rings. The largest absolute Gasteiger partial charge is 0.307 e. The van der Waals surface area contributed by atoms with Crippen molar-refractivity contribution in [3.05, 3.63) is 70.7 Å². The van der Waals surface area contributed by atoms with Crippen molar-refractivity contribution in [1.82, 2.24) is 0 Å². The summed E-state index contributed by atoms with van der Waals surface area (Å²) in [4.78, 5) is 6.42. The lowest BCUT2D eigenvalue weighted by Crippen LogP contribution is -2.16. The van der Waals surface area contributed by atoms with Gasteiger partial charge in [-0.2, -0.15) is 0 Å². The van der Waals surface area contributed by atoms with Gasteiger partial charge in [0.2, 0.25) is 0 Å². The Morgan fingerprint density at radius 1 is 0.826 bits per heavy atom. The van der Waals surface area contributed by atoms with Crippen molar-refractivity contribution in [3.8, 4) is 0 Å². The maximum Gasteiger partial charge on any atom is 0.0643 e. The molecule has 1 nitrogen and oxygen atoms in total. The second-order valence-corrected chi connectivity index (χ2v) is 8.59. The van der Waals surface area contributed by atoms with Crippen LogP contribution in [-0.2, 0) is 5.75 Å². The molecule has 0 bridgehead atoms. The Hall–Kier alpha value is -1.36. The summed E-state index contributed by atoms with van der Waals surface area (Å²) in [5, 5.41) is 0. The Kier molecular flexibility index (Phi) is 3.25. The summed E-state index contributed by atoms with van der Waals surface area (Å²) in [5.41, 5.74) is 5.29. The molecule has 0 unspecified atom stereocenters. The molecule has 0 N–H and O–H groups in total. The fourth-order valence-electron chi connectivity index (χ4n) is 3.21. The highest BCUT2D eigenvalue weighted by Gasteiger charge is 2.30.